The van der Waals surface area contributed by atoms with Crippen LogP contribution in [0.3, 0.4) is 0 Å². The van der Waals surface area contributed by atoms with E-state index in [1.165, 1.54) is 11.3 Å². The van der Waals surface area contributed by atoms with E-state index in [1.54, 1.807) is 0 Å². The number of H-pyrrole nitrogens is 1. The Labute approximate surface area is 79.0 Å². The lowest BCUT2D eigenvalue weighted by molar-refractivity contribution is 0.341. The van der Waals surface area contributed by atoms with Gasteiger partial charge < -0.3 is 9.72 Å². The molecular formula is C9H9NO2S. The van der Waals surface area contributed by atoms with Crippen molar-refractivity contribution in [1.29, 1.82) is 0 Å². The molecule has 3 nitrogen and oxygen atoms in total. The average molecular weight is 195 g/mol. The number of hydrogen-bond donors (Lipinski definition) is 1. The van der Waals surface area contributed by atoms with E-state index in [2.05, 4.69) is 4.98 Å². The smallest absolute Gasteiger partial charge is 0.305 e. The minimum absolute atomic E-state index is 0.0244. The highest BCUT2D eigenvalue weighted by Crippen LogP contribution is 2.20. The molecule has 1 aromatic carbocycles. The number of hydrogen-bond acceptors (Lipinski definition) is 3. The van der Waals surface area contributed by atoms with Crippen molar-refractivity contribution in [3.8, 4) is 5.75 Å². The fourth-order valence-electron chi connectivity index (χ4n) is 1.18. The number of fused-ring (bicyclic) bond motifs is 1. The number of rotatable bonds is 2. The third-order valence-corrected chi connectivity index (χ3v) is 2.55. The van der Waals surface area contributed by atoms with E-state index in [4.69, 9.17) is 4.74 Å². The molecule has 0 bridgehead atoms. The average Bonchev–Trinajstić information content (AvgIpc) is 2.44. The van der Waals surface area contributed by atoms with E-state index < -0.39 is 0 Å². The zero-order valence-corrected chi connectivity index (χ0v) is 7.98. The summed E-state index contributed by atoms with van der Waals surface area (Å²) in [5.41, 5.74) is 0.874. The molecule has 0 saturated carbocycles. The van der Waals surface area contributed by atoms with Crippen molar-refractivity contribution < 1.29 is 4.74 Å². The zero-order valence-electron chi connectivity index (χ0n) is 7.16. The monoisotopic (exact) mass is 195 g/mol. The molecule has 0 aliphatic carbocycles. The Hall–Kier alpha value is -1.29. The Kier molecular flexibility index (Phi) is 2.06. The number of nitrogens with one attached hydrogen (secondary N) is 1. The van der Waals surface area contributed by atoms with E-state index in [9.17, 15) is 4.79 Å². The highest BCUT2D eigenvalue weighted by Gasteiger charge is 2.00. The number of ether oxygens (including phenoxy) is 1. The molecule has 13 heavy (non-hydrogen) atoms. The number of benzene rings is 1. The van der Waals surface area contributed by atoms with Gasteiger partial charge in [-0.3, -0.25) is 4.79 Å². The van der Waals surface area contributed by atoms with Crippen LogP contribution in [0, 0.1) is 0 Å². The highest BCUT2D eigenvalue weighted by atomic mass is 32.1. The number of aromatic nitrogens is 1. The Morgan fingerprint density at radius 1 is 1.54 bits per heavy atom. The van der Waals surface area contributed by atoms with Crippen molar-refractivity contribution in [2.24, 2.45) is 0 Å². The van der Waals surface area contributed by atoms with E-state index in [0.29, 0.717) is 6.61 Å². The van der Waals surface area contributed by atoms with Gasteiger partial charge in [0, 0.05) is 0 Å². The van der Waals surface area contributed by atoms with Gasteiger partial charge >= 0.3 is 4.87 Å². The number of thiazole rings is 1. The van der Waals surface area contributed by atoms with Crippen LogP contribution < -0.4 is 9.61 Å². The standard InChI is InChI=1S/C9H9NO2S/c1-2-12-6-3-4-7-8(5-6)13-9(11)10-7/h3-5H,2H2,1H3,(H,10,11). The SMILES string of the molecule is CCOc1ccc2[nH]c(=O)sc2c1. The maximum Gasteiger partial charge on any atom is 0.305 e. The predicted molar refractivity (Wildman–Crippen MR) is 53.6 cm³/mol. The Morgan fingerprint density at radius 2 is 2.38 bits per heavy atom. The Bertz CT molecular complexity index is 472. The molecule has 2 rings (SSSR count). The molecule has 1 aromatic heterocycles. The summed E-state index contributed by atoms with van der Waals surface area (Å²) in [7, 11) is 0. The van der Waals surface area contributed by atoms with Gasteiger partial charge in [0.25, 0.3) is 0 Å². The predicted octanol–water partition coefficient (Wildman–Crippen LogP) is 1.99. The molecule has 0 unspecified atom stereocenters. The number of aromatic amines is 1. The largest absolute Gasteiger partial charge is 0.494 e. The van der Waals surface area contributed by atoms with Gasteiger partial charge in [-0.05, 0) is 25.1 Å². The summed E-state index contributed by atoms with van der Waals surface area (Å²) in [6.07, 6.45) is 0. The van der Waals surface area contributed by atoms with Crippen molar-refractivity contribution in [1.82, 2.24) is 4.98 Å². The maximum absolute atomic E-state index is 11.0. The first kappa shape index (κ1) is 8.31. The minimum Gasteiger partial charge on any atom is -0.494 e. The molecule has 0 spiro atoms. The highest BCUT2D eigenvalue weighted by molar-refractivity contribution is 7.16. The summed E-state index contributed by atoms with van der Waals surface area (Å²) in [6.45, 7) is 2.58. The quantitative estimate of drug-likeness (QED) is 0.796. The van der Waals surface area contributed by atoms with E-state index >= 15 is 0 Å². The molecule has 0 aliphatic heterocycles. The van der Waals surface area contributed by atoms with Crippen LogP contribution in [0.5, 0.6) is 5.75 Å². The van der Waals surface area contributed by atoms with Gasteiger partial charge in [-0.2, -0.15) is 0 Å². The van der Waals surface area contributed by atoms with E-state index in [-0.39, 0.29) is 4.87 Å². The molecule has 68 valence electrons. The van der Waals surface area contributed by atoms with Gasteiger partial charge in [0.15, 0.2) is 0 Å². The van der Waals surface area contributed by atoms with Crippen LogP contribution in [-0.4, -0.2) is 11.6 Å². The van der Waals surface area contributed by atoms with Crippen LogP contribution in [0.2, 0.25) is 0 Å². The van der Waals surface area contributed by atoms with Crippen LogP contribution in [0.1, 0.15) is 6.92 Å². The summed E-state index contributed by atoms with van der Waals surface area (Å²) >= 11 is 1.20. The Balaban J connectivity index is 2.54. The normalized spacial score (nSPS) is 10.5. The molecule has 0 fully saturated rings. The molecule has 1 N–H and O–H groups in total. The molecule has 0 radical (unpaired) electrons. The van der Waals surface area contributed by atoms with Gasteiger partial charge in [0.2, 0.25) is 0 Å². The summed E-state index contributed by atoms with van der Waals surface area (Å²) < 4.78 is 6.25. The topological polar surface area (TPSA) is 42.1 Å². The van der Waals surface area contributed by atoms with Crippen molar-refractivity contribution in [2.45, 2.75) is 6.92 Å². The molecule has 0 atom stereocenters. The third kappa shape index (κ3) is 1.58. The van der Waals surface area contributed by atoms with E-state index in [1.807, 2.05) is 25.1 Å². The van der Waals surface area contributed by atoms with Gasteiger partial charge in [0.05, 0.1) is 16.8 Å². The lowest BCUT2D eigenvalue weighted by Gasteiger charge is -2.00. The van der Waals surface area contributed by atoms with Crippen LogP contribution in [-0.2, 0) is 0 Å². The van der Waals surface area contributed by atoms with Crippen LogP contribution in [0.4, 0.5) is 0 Å². The van der Waals surface area contributed by atoms with Crippen LogP contribution in [0.15, 0.2) is 23.0 Å². The molecule has 0 saturated heterocycles. The molecule has 2 aromatic rings. The van der Waals surface area contributed by atoms with Gasteiger partial charge in [-0.15, -0.1) is 0 Å². The summed E-state index contributed by atoms with van der Waals surface area (Å²) in [5, 5.41) is 0. The zero-order chi connectivity index (χ0) is 9.26. The lowest BCUT2D eigenvalue weighted by atomic mass is 10.3. The fraction of sp³-hybridized carbons (Fsp3) is 0.222. The second kappa shape index (κ2) is 3.22. The first-order valence-electron chi connectivity index (χ1n) is 4.05. The summed E-state index contributed by atoms with van der Waals surface area (Å²) in [5.74, 6) is 0.810. The Morgan fingerprint density at radius 3 is 3.15 bits per heavy atom. The summed E-state index contributed by atoms with van der Waals surface area (Å²) in [6, 6.07) is 5.59. The van der Waals surface area contributed by atoms with Crippen molar-refractivity contribution in [3.63, 3.8) is 0 Å². The van der Waals surface area contributed by atoms with Crippen molar-refractivity contribution in [2.75, 3.05) is 6.61 Å². The van der Waals surface area contributed by atoms with Crippen LogP contribution in [0.25, 0.3) is 10.2 Å². The van der Waals surface area contributed by atoms with Crippen LogP contribution >= 0.6 is 11.3 Å². The lowest BCUT2D eigenvalue weighted by Crippen LogP contribution is -1.90. The molecule has 0 amide bonds. The third-order valence-electron chi connectivity index (χ3n) is 1.70. The van der Waals surface area contributed by atoms with Gasteiger partial charge in [-0.1, -0.05) is 11.3 Å². The minimum atomic E-state index is -0.0244. The van der Waals surface area contributed by atoms with E-state index in [0.717, 1.165) is 16.0 Å². The molecule has 0 aliphatic rings. The summed E-state index contributed by atoms with van der Waals surface area (Å²) in [4.78, 5) is 13.7. The molecule has 1 heterocycles. The van der Waals surface area contributed by atoms with Gasteiger partial charge in [0.1, 0.15) is 5.75 Å². The first-order chi connectivity index (χ1) is 6.29. The fourth-order valence-corrected chi connectivity index (χ4v) is 1.95. The van der Waals surface area contributed by atoms with Crippen molar-refractivity contribution in [3.05, 3.63) is 27.9 Å². The second-order valence-electron chi connectivity index (χ2n) is 2.61. The molecular weight excluding hydrogens is 186 g/mol. The van der Waals surface area contributed by atoms with Crippen molar-refractivity contribution >= 4 is 21.6 Å². The first-order valence-corrected chi connectivity index (χ1v) is 4.87. The molecule has 4 heteroatoms. The van der Waals surface area contributed by atoms with Gasteiger partial charge in [-0.25, -0.2) is 0 Å². The second-order valence-corrected chi connectivity index (χ2v) is 3.62. The maximum atomic E-state index is 11.0.